The number of hydrogen-bond acceptors (Lipinski definition) is 2. The summed E-state index contributed by atoms with van der Waals surface area (Å²) < 4.78 is 17.1. The van der Waals surface area contributed by atoms with E-state index in [0.717, 1.165) is 42.7 Å². The van der Waals surface area contributed by atoms with Crippen LogP contribution in [0.15, 0.2) is 24.3 Å². The summed E-state index contributed by atoms with van der Waals surface area (Å²) in [7, 11) is 0. The monoisotopic (exact) mass is 275 g/mol. The lowest BCUT2D eigenvalue weighted by Crippen LogP contribution is -2.38. The Kier molecular flexibility index (Phi) is 3.50. The van der Waals surface area contributed by atoms with Gasteiger partial charge < -0.3 is 10.3 Å². The normalized spacial score (nSPS) is 18.4. The smallest absolute Gasteiger partial charge is 0.133 e. The van der Waals surface area contributed by atoms with Crippen LogP contribution in [-0.2, 0) is 13.0 Å². The van der Waals surface area contributed by atoms with Crippen LogP contribution in [0.25, 0.3) is 11.0 Å². The third kappa shape index (κ3) is 2.33. The van der Waals surface area contributed by atoms with Crippen molar-refractivity contribution in [2.45, 2.75) is 44.8 Å². The Bertz CT molecular complexity index is 603. The second kappa shape index (κ2) is 5.17. The van der Waals surface area contributed by atoms with Crippen LogP contribution < -0.4 is 5.73 Å². The number of halogens is 1. The number of rotatable bonds is 6. The molecule has 1 aliphatic rings. The highest BCUT2D eigenvalue weighted by Gasteiger charge is 2.45. The molecule has 0 aliphatic heterocycles. The minimum atomic E-state index is -1.28. The van der Waals surface area contributed by atoms with Crippen molar-refractivity contribution in [2.75, 3.05) is 6.54 Å². The highest BCUT2D eigenvalue weighted by Crippen LogP contribution is 2.43. The maximum atomic E-state index is 15.0. The molecular formula is C16H22FN3. The fourth-order valence-electron chi connectivity index (χ4n) is 2.98. The first kappa shape index (κ1) is 13.6. The molecule has 1 aromatic carbocycles. The van der Waals surface area contributed by atoms with Crippen LogP contribution in [-0.4, -0.2) is 21.8 Å². The molecule has 2 N–H and O–H groups in total. The molecule has 0 saturated heterocycles. The lowest BCUT2D eigenvalue weighted by molar-refractivity contribution is 0.138. The number of alkyl halides is 1. The van der Waals surface area contributed by atoms with Gasteiger partial charge in [-0.3, -0.25) is 0 Å². The Labute approximate surface area is 119 Å². The van der Waals surface area contributed by atoms with E-state index in [-0.39, 0.29) is 12.5 Å². The van der Waals surface area contributed by atoms with Gasteiger partial charge in [0.25, 0.3) is 0 Å². The van der Waals surface area contributed by atoms with Crippen molar-refractivity contribution in [1.29, 1.82) is 0 Å². The van der Waals surface area contributed by atoms with E-state index in [1.807, 2.05) is 18.2 Å². The Hall–Kier alpha value is -1.42. The van der Waals surface area contributed by atoms with E-state index in [9.17, 15) is 4.39 Å². The molecule has 0 bridgehead atoms. The Morgan fingerprint density at radius 2 is 2.15 bits per heavy atom. The average Bonchev–Trinajstić information content (AvgIpc) is 3.26. The van der Waals surface area contributed by atoms with E-state index in [0.29, 0.717) is 6.42 Å². The summed E-state index contributed by atoms with van der Waals surface area (Å²) in [4.78, 5) is 4.64. The van der Waals surface area contributed by atoms with Crippen molar-refractivity contribution >= 4 is 11.0 Å². The Morgan fingerprint density at radius 3 is 2.80 bits per heavy atom. The highest BCUT2D eigenvalue weighted by atomic mass is 19.1. The van der Waals surface area contributed by atoms with Crippen molar-refractivity contribution in [3.63, 3.8) is 0 Å². The predicted octanol–water partition coefficient (Wildman–Crippen LogP) is 3.07. The first-order valence-electron chi connectivity index (χ1n) is 7.51. The molecule has 0 radical (unpaired) electrons. The molecule has 1 aliphatic carbocycles. The van der Waals surface area contributed by atoms with Gasteiger partial charge in [0.1, 0.15) is 11.5 Å². The van der Waals surface area contributed by atoms with Crippen molar-refractivity contribution < 1.29 is 4.39 Å². The number of aromatic nitrogens is 2. The van der Waals surface area contributed by atoms with Gasteiger partial charge >= 0.3 is 0 Å². The van der Waals surface area contributed by atoms with Gasteiger partial charge in [0.2, 0.25) is 0 Å². The first-order chi connectivity index (χ1) is 9.68. The van der Waals surface area contributed by atoms with Gasteiger partial charge in [-0.1, -0.05) is 19.1 Å². The molecule has 1 aromatic heterocycles. The van der Waals surface area contributed by atoms with E-state index in [2.05, 4.69) is 22.5 Å². The van der Waals surface area contributed by atoms with Crippen LogP contribution in [0.1, 0.15) is 32.0 Å². The predicted molar refractivity (Wildman–Crippen MR) is 79.3 cm³/mol. The lowest BCUT2D eigenvalue weighted by atomic mass is 9.95. The third-order valence-corrected chi connectivity index (χ3v) is 4.28. The van der Waals surface area contributed by atoms with Gasteiger partial charge in [-0.25, -0.2) is 9.37 Å². The summed E-state index contributed by atoms with van der Waals surface area (Å²) >= 11 is 0. The largest absolute Gasteiger partial charge is 0.328 e. The van der Waals surface area contributed by atoms with Gasteiger partial charge in [-0.2, -0.15) is 0 Å². The quantitative estimate of drug-likeness (QED) is 0.880. The fraction of sp³-hybridized carbons (Fsp3) is 0.562. The molecule has 3 rings (SSSR count). The SMILES string of the molecule is CCCn1c(CC(F)(CN)C2CC2)nc2ccccc21. The standard InChI is InChI=1S/C16H22FN3/c1-2-9-20-14-6-4-3-5-13(14)19-15(20)10-16(17,11-18)12-7-8-12/h3-6,12H,2,7-11,18H2,1H3. The Morgan fingerprint density at radius 1 is 1.40 bits per heavy atom. The maximum absolute atomic E-state index is 15.0. The lowest BCUT2D eigenvalue weighted by Gasteiger charge is -2.23. The molecule has 3 nitrogen and oxygen atoms in total. The van der Waals surface area contributed by atoms with Crippen molar-refractivity contribution in [1.82, 2.24) is 9.55 Å². The van der Waals surface area contributed by atoms with Crippen molar-refractivity contribution in [3.05, 3.63) is 30.1 Å². The van der Waals surface area contributed by atoms with E-state index in [1.54, 1.807) is 0 Å². The number of aryl methyl sites for hydroxylation is 1. The van der Waals surface area contributed by atoms with E-state index in [4.69, 9.17) is 5.73 Å². The molecule has 1 atom stereocenters. The van der Waals surface area contributed by atoms with Crippen LogP contribution >= 0.6 is 0 Å². The average molecular weight is 275 g/mol. The molecule has 1 unspecified atom stereocenters. The second-order valence-corrected chi connectivity index (χ2v) is 5.86. The molecule has 1 fully saturated rings. The van der Waals surface area contributed by atoms with Crippen LogP contribution in [0, 0.1) is 5.92 Å². The van der Waals surface area contributed by atoms with Crippen LogP contribution in [0.5, 0.6) is 0 Å². The molecular weight excluding hydrogens is 253 g/mol. The number of para-hydroxylation sites is 2. The zero-order valence-electron chi connectivity index (χ0n) is 12.0. The van der Waals surface area contributed by atoms with Gasteiger partial charge in [-0.15, -0.1) is 0 Å². The molecule has 4 heteroatoms. The topological polar surface area (TPSA) is 43.8 Å². The number of fused-ring (bicyclic) bond motifs is 1. The molecule has 2 aromatic rings. The summed E-state index contributed by atoms with van der Waals surface area (Å²) in [6, 6.07) is 8.03. The Balaban J connectivity index is 1.99. The summed E-state index contributed by atoms with van der Waals surface area (Å²) in [5, 5.41) is 0. The zero-order valence-corrected chi connectivity index (χ0v) is 12.0. The van der Waals surface area contributed by atoms with Gasteiger partial charge in [0.05, 0.1) is 11.0 Å². The maximum Gasteiger partial charge on any atom is 0.133 e. The van der Waals surface area contributed by atoms with Crippen LogP contribution in [0.3, 0.4) is 0 Å². The highest BCUT2D eigenvalue weighted by molar-refractivity contribution is 5.75. The molecule has 0 spiro atoms. The van der Waals surface area contributed by atoms with Gasteiger partial charge in [0.15, 0.2) is 0 Å². The van der Waals surface area contributed by atoms with Gasteiger partial charge in [0, 0.05) is 19.5 Å². The summed E-state index contributed by atoms with van der Waals surface area (Å²) in [6.45, 7) is 3.10. The van der Waals surface area contributed by atoms with E-state index in [1.165, 1.54) is 0 Å². The van der Waals surface area contributed by atoms with Crippen LogP contribution in [0.4, 0.5) is 4.39 Å². The van der Waals surface area contributed by atoms with Crippen LogP contribution in [0.2, 0.25) is 0 Å². The number of nitrogens with two attached hydrogens (primary N) is 1. The molecule has 108 valence electrons. The summed E-state index contributed by atoms with van der Waals surface area (Å²) in [5.41, 5.74) is 6.46. The van der Waals surface area contributed by atoms with E-state index < -0.39 is 5.67 Å². The number of nitrogens with zero attached hydrogens (tertiary/aromatic N) is 2. The number of benzene rings is 1. The van der Waals surface area contributed by atoms with E-state index >= 15 is 0 Å². The van der Waals surface area contributed by atoms with Gasteiger partial charge in [-0.05, 0) is 37.3 Å². The molecule has 0 amide bonds. The molecule has 20 heavy (non-hydrogen) atoms. The van der Waals surface area contributed by atoms with Crippen molar-refractivity contribution in [2.24, 2.45) is 11.7 Å². The second-order valence-electron chi connectivity index (χ2n) is 5.86. The third-order valence-electron chi connectivity index (χ3n) is 4.28. The minimum absolute atomic E-state index is 0.0903. The minimum Gasteiger partial charge on any atom is -0.328 e. The fourth-order valence-corrected chi connectivity index (χ4v) is 2.98. The first-order valence-corrected chi connectivity index (χ1v) is 7.51. The summed E-state index contributed by atoms with van der Waals surface area (Å²) in [5.74, 6) is 0.968. The summed E-state index contributed by atoms with van der Waals surface area (Å²) in [6.07, 6.45) is 3.27. The zero-order chi connectivity index (χ0) is 14.2. The van der Waals surface area contributed by atoms with Crippen molar-refractivity contribution in [3.8, 4) is 0 Å². The molecule has 1 heterocycles. The number of hydrogen-bond donors (Lipinski definition) is 1. The molecule has 1 saturated carbocycles. The number of imidazole rings is 1.